The molecule has 0 aromatic heterocycles. The summed E-state index contributed by atoms with van der Waals surface area (Å²) in [5.41, 5.74) is 1.07. The highest BCUT2D eigenvalue weighted by Gasteiger charge is 2.26. The fourth-order valence-corrected chi connectivity index (χ4v) is 2.65. The topological polar surface area (TPSA) is 24.5 Å². The number of nitrogens with zero attached hydrogens (tertiary/aromatic N) is 1. The van der Waals surface area contributed by atoms with E-state index in [1.807, 2.05) is 19.2 Å². The minimum atomic E-state index is -0.186. The Morgan fingerprint density at radius 3 is 2.68 bits per heavy atom. The molecule has 4 heteroatoms. The van der Waals surface area contributed by atoms with Gasteiger partial charge in [-0.2, -0.15) is 0 Å². The molecule has 0 radical (unpaired) electrons. The Hall–Kier alpha value is -1.13. The van der Waals surface area contributed by atoms with E-state index in [0.717, 1.165) is 38.4 Å². The van der Waals surface area contributed by atoms with Crippen molar-refractivity contribution < 1.29 is 9.13 Å². The summed E-state index contributed by atoms with van der Waals surface area (Å²) in [5.74, 6) is 0.383. The summed E-state index contributed by atoms with van der Waals surface area (Å²) in [7, 11) is 2.00. The first-order chi connectivity index (χ1) is 9.24. The number of likely N-dealkylation sites (N-methyl/N-ethyl adjacent to an activating group) is 2. The van der Waals surface area contributed by atoms with Crippen molar-refractivity contribution in [2.24, 2.45) is 5.92 Å². The fraction of sp³-hybridized carbons (Fsp3) is 0.600. The smallest absolute Gasteiger partial charge is 0.123 e. The lowest BCUT2D eigenvalue weighted by atomic mass is 9.98. The van der Waals surface area contributed by atoms with Crippen LogP contribution in [0.2, 0.25) is 0 Å². The van der Waals surface area contributed by atoms with E-state index in [4.69, 9.17) is 4.74 Å². The van der Waals surface area contributed by atoms with Gasteiger partial charge in [0.15, 0.2) is 0 Å². The summed E-state index contributed by atoms with van der Waals surface area (Å²) in [6.45, 7) is 5.67. The molecular formula is C15H23FN2O. The lowest BCUT2D eigenvalue weighted by Crippen LogP contribution is -2.44. The van der Waals surface area contributed by atoms with Crippen LogP contribution in [0, 0.1) is 11.7 Å². The zero-order chi connectivity index (χ0) is 13.7. The molecule has 0 bridgehead atoms. The summed E-state index contributed by atoms with van der Waals surface area (Å²) in [4.78, 5) is 2.28. The first kappa shape index (κ1) is 14.3. The average Bonchev–Trinajstić information content (AvgIpc) is 2.95. The molecule has 3 nitrogen and oxygen atoms in total. The van der Waals surface area contributed by atoms with Gasteiger partial charge in [-0.3, -0.25) is 0 Å². The van der Waals surface area contributed by atoms with Crippen molar-refractivity contribution in [3.05, 3.63) is 30.1 Å². The molecule has 0 aliphatic carbocycles. The third-order valence-corrected chi connectivity index (χ3v) is 3.90. The number of ether oxygens (including phenoxy) is 1. The fourth-order valence-electron chi connectivity index (χ4n) is 2.65. The summed E-state index contributed by atoms with van der Waals surface area (Å²) < 4.78 is 18.4. The Morgan fingerprint density at radius 1 is 1.42 bits per heavy atom. The van der Waals surface area contributed by atoms with Gasteiger partial charge in [0.2, 0.25) is 0 Å². The van der Waals surface area contributed by atoms with Crippen molar-refractivity contribution in [3.8, 4) is 0 Å². The minimum Gasteiger partial charge on any atom is -0.381 e. The van der Waals surface area contributed by atoms with Crippen LogP contribution in [-0.2, 0) is 4.74 Å². The Labute approximate surface area is 114 Å². The maximum atomic E-state index is 13.0. The number of rotatable bonds is 6. The largest absolute Gasteiger partial charge is 0.381 e. The van der Waals surface area contributed by atoms with Gasteiger partial charge in [0.1, 0.15) is 5.82 Å². The van der Waals surface area contributed by atoms with Crippen LogP contribution in [0.5, 0.6) is 0 Å². The second-order valence-electron chi connectivity index (χ2n) is 5.03. The van der Waals surface area contributed by atoms with Gasteiger partial charge in [-0.15, -0.1) is 0 Å². The molecule has 0 saturated carbocycles. The molecule has 0 amide bonds. The molecule has 1 heterocycles. The van der Waals surface area contributed by atoms with Gasteiger partial charge in [0.05, 0.1) is 6.61 Å². The zero-order valence-corrected chi connectivity index (χ0v) is 11.7. The summed E-state index contributed by atoms with van der Waals surface area (Å²) in [6.07, 6.45) is 1.12. The molecule has 1 aliphatic heterocycles. The molecule has 1 fully saturated rings. The maximum Gasteiger partial charge on any atom is 0.123 e. The van der Waals surface area contributed by atoms with Gasteiger partial charge >= 0.3 is 0 Å². The summed E-state index contributed by atoms with van der Waals surface area (Å²) >= 11 is 0. The van der Waals surface area contributed by atoms with Crippen LogP contribution in [0.1, 0.15) is 13.3 Å². The lowest BCUT2D eigenvalue weighted by Gasteiger charge is -2.31. The molecule has 1 aromatic rings. The Morgan fingerprint density at radius 2 is 2.16 bits per heavy atom. The third-order valence-electron chi connectivity index (χ3n) is 3.90. The van der Waals surface area contributed by atoms with Gasteiger partial charge in [0, 0.05) is 37.3 Å². The van der Waals surface area contributed by atoms with Crippen LogP contribution >= 0.6 is 0 Å². The second-order valence-corrected chi connectivity index (χ2v) is 5.03. The van der Waals surface area contributed by atoms with Crippen LogP contribution < -0.4 is 10.2 Å². The van der Waals surface area contributed by atoms with E-state index in [-0.39, 0.29) is 5.82 Å². The highest BCUT2D eigenvalue weighted by Crippen LogP contribution is 2.20. The number of hydrogen-bond acceptors (Lipinski definition) is 3. The van der Waals surface area contributed by atoms with Crippen molar-refractivity contribution in [3.63, 3.8) is 0 Å². The van der Waals surface area contributed by atoms with E-state index in [9.17, 15) is 4.39 Å². The van der Waals surface area contributed by atoms with Crippen molar-refractivity contribution in [2.75, 3.05) is 38.3 Å². The molecule has 2 rings (SSSR count). The standard InChI is InChI=1S/C15H23FN2O/c1-3-18(14-6-4-13(16)5-7-14)10-15(17-2)12-8-9-19-11-12/h4-7,12,15,17H,3,8-11H2,1-2H3. The van der Waals surface area contributed by atoms with E-state index < -0.39 is 0 Å². The van der Waals surface area contributed by atoms with E-state index in [1.165, 1.54) is 12.1 Å². The Balaban J connectivity index is 2.02. The van der Waals surface area contributed by atoms with Crippen LogP contribution in [0.3, 0.4) is 0 Å². The van der Waals surface area contributed by atoms with Crippen LogP contribution in [0.4, 0.5) is 10.1 Å². The molecule has 0 spiro atoms. The molecule has 2 atom stereocenters. The Kier molecular flexibility index (Phi) is 5.16. The third kappa shape index (κ3) is 3.67. The number of benzene rings is 1. The average molecular weight is 266 g/mol. The van der Waals surface area contributed by atoms with Crippen LogP contribution in [0.15, 0.2) is 24.3 Å². The molecular weight excluding hydrogens is 243 g/mol. The van der Waals surface area contributed by atoms with E-state index >= 15 is 0 Å². The zero-order valence-electron chi connectivity index (χ0n) is 11.7. The highest BCUT2D eigenvalue weighted by molar-refractivity contribution is 5.46. The van der Waals surface area contributed by atoms with Crippen LogP contribution in [-0.4, -0.2) is 39.4 Å². The summed E-state index contributed by atoms with van der Waals surface area (Å²) in [6, 6.07) is 7.14. The highest BCUT2D eigenvalue weighted by atomic mass is 19.1. The van der Waals surface area contributed by atoms with E-state index in [2.05, 4.69) is 17.1 Å². The van der Waals surface area contributed by atoms with Crippen LogP contribution in [0.25, 0.3) is 0 Å². The van der Waals surface area contributed by atoms with Gasteiger partial charge in [-0.05, 0) is 44.7 Å². The molecule has 1 N–H and O–H groups in total. The molecule has 106 valence electrons. The monoisotopic (exact) mass is 266 g/mol. The lowest BCUT2D eigenvalue weighted by molar-refractivity contribution is 0.178. The number of halogens is 1. The predicted octanol–water partition coefficient (Wildman–Crippen LogP) is 2.28. The van der Waals surface area contributed by atoms with Crippen molar-refractivity contribution >= 4 is 5.69 Å². The maximum absolute atomic E-state index is 13.0. The number of hydrogen-bond donors (Lipinski definition) is 1. The second kappa shape index (κ2) is 6.87. The van der Waals surface area contributed by atoms with E-state index in [0.29, 0.717) is 12.0 Å². The predicted molar refractivity (Wildman–Crippen MR) is 76.1 cm³/mol. The first-order valence-corrected chi connectivity index (χ1v) is 7.00. The van der Waals surface area contributed by atoms with Gasteiger partial charge in [-0.1, -0.05) is 0 Å². The van der Waals surface area contributed by atoms with Gasteiger partial charge in [-0.25, -0.2) is 4.39 Å². The molecule has 2 unspecified atom stereocenters. The first-order valence-electron chi connectivity index (χ1n) is 7.00. The number of anilines is 1. The minimum absolute atomic E-state index is 0.186. The number of nitrogens with one attached hydrogen (secondary N) is 1. The van der Waals surface area contributed by atoms with Gasteiger partial charge < -0.3 is 15.0 Å². The molecule has 19 heavy (non-hydrogen) atoms. The SMILES string of the molecule is CCN(CC(NC)C1CCOC1)c1ccc(F)cc1. The molecule has 1 aromatic carbocycles. The van der Waals surface area contributed by atoms with Crippen molar-refractivity contribution in [1.29, 1.82) is 0 Å². The van der Waals surface area contributed by atoms with E-state index in [1.54, 1.807) is 0 Å². The molecule has 1 aliphatic rings. The molecule has 1 saturated heterocycles. The quantitative estimate of drug-likeness (QED) is 0.855. The normalized spacial score (nSPS) is 20.5. The van der Waals surface area contributed by atoms with Crippen molar-refractivity contribution in [1.82, 2.24) is 5.32 Å². The Bertz CT molecular complexity index is 376. The van der Waals surface area contributed by atoms with Crippen molar-refractivity contribution in [2.45, 2.75) is 19.4 Å². The van der Waals surface area contributed by atoms with Gasteiger partial charge in [0.25, 0.3) is 0 Å². The summed E-state index contributed by atoms with van der Waals surface area (Å²) in [5, 5.41) is 3.39.